The lowest BCUT2D eigenvalue weighted by Crippen LogP contribution is -2.51. The van der Waals surface area contributed by atoms with E-state index in [4.69, 9.17) is 21.4 Å². The fourth-order valence-electron chi connectivity index (χ4n) is 6.07. The van der Waals surface area contributed by atoms with Gasteiger partial charge in [0.2, 0.25) is 5.88 Å². The summed E-state index contributed by atoms with van der Waals surface area (Å²) in [4.78, 5) is 17.0. The number of aliphatic hydroxyl groups excluding tert-OH is 1. The van der Waals surface area contributed by atoms with Crippen molar-refractivity contribution in [3.05, 3.63) is 22.8 Å². The largest absolute Gasteiger partial charge is 0.476 e. The number of aliphatic hydroxyl groups is 1. The molecular formula is C22H32ClN3O3. The van der Waals surface area contributed by atoms with E-state index >= 15 is 0 Å². The maximum atomic E-state index is 12.8. The fraction of sp³-hybridized carbons (Fsp3) is 0.727. The van der Waals surface area contributed by atoms with Crippen LogP contribution in [0.4, 0.5) is 0 Å². The molecule has 4 fully saturated rings. The molecule has 4 aliphatic rings. The van der Waals surface area contributed by atoms with Crippen LogP contribution in [0.2, 0.25) is 5.02 Å². The molecule has 160 valence electrons. The number of pyridine rings is 1. The summed E-state index contributed by atoms with van der Waals surface area (Å²) >= 11 is 6.25. The van der Waals surface area contributed by atoms with Crippen molar-refractivity contribution in [1.82, 2.24) is 15.6 Å². The summed E-state index contributed by atoms with van der Waals surface area (Å²) in [5.41, 5.74) is 0.705. The number of ether oxygens (including phenoxy) is 1. The number of nitrogens with zero attached hydrogens (tertiary/aromatic N) is 1. The number of amides is 1. The van der Waals surface area contributed by atoms with Gasteiger partial charge in [0.25, 0.3) is 5.91 Å². The first-order chi connectivity index (χ1) is 14.0. The van der Waals surface area contributed by atoms with Crippen LogP contribution in [0.5, 0.6) is 5.88 Å². The number of rotatable bonds is 9. The molecule has 6 nitrogen and oxygen atoms in total. The van der Waals surface area contributed by atoms with E-state index in [2.05, 4.69) is 15.6 Å². The predicted octanol–water partition coefficient (Wildman–Crippen LogP) is 3.03. The third-order valence-corrected chi connectivity index (χ3v) is 7.28. The van der Waals surface area contributed by atoms with Gasteiger partial charge >= 0.3 is 0 Å². The van der Waals surface area contributed by atoms with Gasteiger partial charge in [0.15, 0.2) is 0 Å². The van der Waals surface area contributed by atoms with Gasteiger partial charge in [-0.05, 0) is 68.6 Å². The Hall–Kier alpha value is -1.37. The van der Waals surface area contributed by atoms with Crippen LogP contribution in [-0.2, 0) is 0 Å². The maximum absolute atomic E-state index is 12.8. The second kappa shape index (κ2) is 8.78. The highest BCUT2D eigenvalue weighted by atomic mass is 35.5. The van der Waals surface area contributed by atoms with E-state index in [0.29, 0.717) is 29.6 Å². The topological polar surface area (TPSA) is 83.5 Å². The van der Waals surface area contributed by atoms with Gasteiger partial charge in [0.1, 0.15) is 6.61 Å². The van der Waals surface area contributed by atoms with Gasteiger partial charge < -0.3 is 20.5 Å². The van der Waals surface area contributed by atoms with Crippen molar-refractivity contribution in [3.63, 3.8) is 0 Å². The van der Waals surface area contributed by atoms with Gasteiger partial charge in [0, 0.05) is 25.2 Å². The van der Waals surface area contributed by atoms with Crippen molar-refractivity contribution >= 4 is 17.5 Å². The van der Waals surface area contributed by atoms with Crippen LogP contribution in [0.15, 0.2) is 12.3 Å². The molecule has 4 aliphatic carbocycles. The maximum Gasteiger partial charge on any atom is 0.253 e. The molecule has 4 bridgehead atoms. The highest BCUT2D eigenvalue weighted by Crippen LogP contribution is 2.59. The molecule has 0 spiro atoms. The fourth-order valence-corrected chi connectivity index (χ4v) is 6.26. The Labute approximate surface area is 177 Å². The molecule has 1 aromatic rings. The number of hydrogen-bond donors (Lipinski definition) is 3. The molecule has 1 heterocycles. The summed E-state index contributed by atoms with van der Waals surface area (Å²) in [5, 5.41) is 15.7. The predicted molar refractivity (Wildman–Crippen MR) is 112 cm³/mol. The van der Waals surface area contributed by atoms with E-state index in [1.54, 1.807) is 6.07 Å². The molecule has 0 saturated heterocycles. The smallest absolute Gasteiger partial charge is 0.253 e. The second-order valence-electron chi connectivity index (χ2n) is 9.49. The molecule has 29 heavy (non-hydrogen) atoms. The Bertz CT molecular complexity index is 707. The van der Waals surface area contributed by atoms with Crippen LogP contribution in [0.25, 0.3) is 0 Å². The van der Waals surface area contributed by atoms with E-state index in [1.165, 1.54) is 44.7 Å². The standard InChI is InChI=1S/C22H32ClN3O3/c1-14(12-27)24-2-3-29-20-7-18(19(23)11-25-20)21(28)26-13-22-8-15-4-16(9-22)6-17(5-15)10-22/h7,11,14-17,24,27H,2-6,8-10,12-13H2,1H3,(H,26,28). The van der Waals surface area contributed by atoms with E-state index in [0.717, 1.165) is 24.3 Å². The number of hydrogen-bond acceptors (Lipinski definition) is 5. The minimum absolute atomic E-state index is 0.0164. The minimum atomic E-state index is -0.148. The molecular weight excluding hydrogens is 390 g/mol. The van der Waals surface area contributed by atoms with Gasteiger partial charge in [-0.3, -0.25) is 4.79 Å². The Kier molecular flexibility index (Phi) is 6.32. The lowest BCUT2D eigenvalue weighted by molar-refractivity contribution is -0.0503. The van der Waals surface area contributed by atoms with Crippen LogP contribution in [-0.4, -0.2) is 48.3 Å². The summed E-state index contributed by atoms with van der Waals surface area (Å²) in [6.45, 7) is 3.69. The molecule has 7 heteroatoms. The third-order valence-electron chi connectivity index (χ3n) is 6.98. The molecule has 4 saturated carbocycles. The third kappa shape index (κ3) is 4.86. The Morgan fingerprint density at radius 1 is 1.31 bits per heavy atom. The van der Waals surface area contributed by atoms with Crippen molar-refractivity contribution in [2.45, 2.75) is 51.5 Å². The number of carbonyl (C=O) groups is 1. The lowest BCUT2D eigenvalue weighted by Gasteiger charge is -2.56. The number of nitrogens with one attached hydrogen (secondary N) is 2. The molecule has 1 amide bonds. The van der Waals surface area contributed by atoms with Crippen LogP contribution in [0.3, 0.4) is 0 Å². The molecule has 0 radical (unpaired) electrons. The van der Waals surface area contributed by atoms with Crippen LogP contribution in [0, 0.1) is 23.2 Å². The SMILES string of the molecule is CC(CO)NCCOc1cc(C(=O)NCC23CC4CC(CC(C4)C2)C3)c(Cl)cn1. The zero-order valence-corrected chi connectivity index (χ0v) is 17.9. The van der Waals surface area contributed by atoms with E-state index in [1.807, 2.05) is 6.92 Å². The quantitative estimate of drug-likeness (QED) is 0.534. The monoisotopic (exact) mass is 421 g/mol. The van der Waals surface area contributed by atoms with E-state index in [9.17, 15) is 4.79 Å². The highest BCUT2D eigenvalue weighted by molar-refractivity contribution is 6.33. The second-order valence-corrected chi connectivity index (χ2v) is 9.90. The average molecular weight is 422 g/mol. The Morgan fingerprint density at radius 3 is 2.59 bits per heavy atom. The molecule has 0 aliphatic heterocycles. The number of halogens is 1. The first kappa shape index (κ1) is 20.9. The summed E-state index contributed by atoms with van der Waals surface area (Å²) in [6.07, 6.45) is 9.45. The molecule has 3 N–H and O–H groups in total. The Balaban J connectivity index is 1.32. The van der Waals surface area contributed by atoms with Gasteiger partial charge in [-0.2, -0.15) is 0 Å². The zero-order valence-electron chi connectivity index (χ0n) is 17.1. The first-order valence-electron chi connectivity index (χ1n) is 10.9. The summed E-state index contributed by atoms with van der Waals surface area (Å²) < 4.78 is 5.63. The highest BCUT2D eigenvalue weighted by Gasteiger charge is 2.50. The van der Waals surface area contributed by atoms with Gasteiger partial charge in [-0.25, -0.2) is 4.98 Å². The Morgan fingerprint density at radius 2 is 1.97 bits per heavy atom. The van der Waals surface area contributed by atoms with Crippen LogP contribution < -0.4 is 15.4 Å². The van der Waals surface area contributed by atoms with Gasteiger partial charge in [-0.15, -0.1) is 0 Å². The van der Waals surface area contributed by atoms with Crippen molar-refractivity contribution in [2.75, 3.05) is 26.3 Å². The lowest BCUT2D eigenvalue weighted by atomic mass is 9.49. The van der Waals surface area contributed by atoms with Crippen molar-refractivity contribution in [1.29, 1.82) is 0 Å². The van der Waals surface area contributed by atoms with E-state index in [-0.39, 0.29) is 24.0 Å². The van der Waals surface area contributed by atoms with Crippen molar-refractivity contribution in [2.24, 2.45) is 23.2 Å². The van der Waals surface area contributed by atoms with Gasteiger partial charge in [-0.1, -0.05) is 11.6 Å². The average Bonchev–Trinajstić information content (AvgIpc) is 2.69. The summed E-state index contributed by atoms with van der Waals surface area (Å²) in [6, 6.07) is 1.63. The molecule has 5 rings (SSSR count). The zero-order chi connectivity index (χ0) is 20.4. The number of aromatic nitrogens is 1. The summed E-state index contributed by atoms with van der Waals surface area (Å²) in [5.74, 6) is 2.83. The first-order valence-corrected chi connectivity index (χ1v) is 11.2. The molecule has 1 aromatic heterocycles. The van der Waals surface area contributed by atoms with Crippen molar-refractivity contribution < 1.29 is 14.6 Å². The molecule has 1 atom stereocenters. The van der Waals surface area contributed by atoms with Crippen LogP contribution >= 0.6 is 11.6 Å². The minimum Gasteiger partial charge on any atom is -0.476 e. The summed E-state index contributed by atoms with van der Waals surface area (Å²) in [7, 11) is 0. The molecule has 0 aromatic carbocycles. The van der Waals surface area contributed by atoms with Crippen LogP contribution in [0.1, 0.15) is 55.8 Å². The van der Waals surface area contributed by atoms with E-state index < -0.39 is 0 Å². The molecule has 1 unspecified atom stereocenters. The normalized spacial score (nSPS) is 30.9. The van der Waals surface area contributed by atoms with Gasteiger partial charge in [0.05, 0.1) is 23.4 Å². The van der Waals surface area contributed by atoms with Crippen molar-refractivity contribution in [3.8, 4) is 5.88 Å². The number of carbonyl (C=O) groups excluding carboxylic acids is 1.